The van der Waals surface area contributed by atoms with Crippen molar-refractivity contribution in [1.29, 1.82) is 0 Å². The van der Waals surface area contributed by atoms with Crippen molar-refractivity contribution < 1.29 is 9.18 Å². The van der Waals surface area contributed by atoms with Crippen LogP contribution in [0.1, 0.15) is 23.6 Å². The summed E-state index contributed by atoms with van der Waals surface area (Å²) in [6.07, 6.45) is 1.35. The standard InChI is InChI=1S/C21H25FN2O/c1-3-18-6-4-5-16(2)21(18)24-13-11-23(12-14-24)20(25)15-17-7-9-19(22)10-8-17/h4-10H,3,11-15H2,1-2H3. The summed E-state index contributed by atoms with van der Waals surface area (Å²) in [6, 6.07) is 12.6. The number of hydrogen-bond acceptors (Lipinski definition) is 2. The van der Waals surface area contributed by atoms with Gasteiger partial charge < -0.3 is 9.80 Å². The average Bonchev–Trinajstić information content (AvgIpc) is 2.63. The molecule has 3 rings (SSSR count). The van der Waals surface area contributed by atoms with Gasteiger partial charge in [-0.05, 0) is 42.2 Å². The van der Waals surface area contributed by atoms with E-state index < -0.39 is 0 Å². The molecule has 1 fully saturated rings. The Morgan fingerprint density at radius 2 is 1.72 bits per heavy atom. The molecule has 0 bridgehead atoms. The summed E-state index contributed by atoms with van der Waals surface area (Å²) in [4.78, 5) is 16.8. The van der Waals surface area contributed by atoms with Crippen LogP contribution in [0, 0.1) is 12.7 Å². The van der Waals surface area contributed by atoms with E-state index in [9.17, 15) is 9.18 Å². The Balaban J connectivity index is 1.62. The van der Waals surface area contributed by atoms with Crippen molar-refractivity contribution in [2.75, 3.05) is 31.1 Å². The first-order valence-electron chi connectivity index (χ1n) is 8.94. The molecule has 0 aliphatic carbocycles. The molecule has 0 aromatic heterocycles. The number of carbonyl (C=O) groups is 1. The van der Waals surface area contributed by atoms with Crippen molar-refractivity contribution in [2.45, 2.75) is 26.7 Å². The highest BCUT2D eigenvalue weighted by Crippen LogP contribution is 2.26. The molecule has 1 saturated heterocycles. The third-order valence-corrected chi connectivity index (χ3v) is 4.92. The molecule has 132 valence electrons. The van der Waals surface area contributed by atoms with Crippen LogP contribution in [0.25, 0.3) is 0 Å². The molecule has 1 amide bonds. The quantitative estimate of drug-likeness (QED) is 0.849. The van der Waals surface area contributed by atoms with Gasteiger partial charge in [0.05, 0.1) is 6.42 Å². The third kappa shape index (κ3) is 4.01. The maximum absolute atomic E-state index is 13.0. The second-order valence-electron chi connectivity index (χ2n) is 6.61. The SMILES string of the molecule is CCc1cccc(C)c1N1CCN(C(=O)Cc2ccc(F)cc2)CC1. The largest absolute Gasteiger partial charge is 0.368 e. The third-order valence-electron chi connectivity index (χ3n) is 4.92. The zero-order chi connectivity index (χ0) is 17.8. The van der Waals surface area contributed by atoms with Crippen LogP contribution in [-0.2, 0) is 17.6 Å². The molecule has 0 saturated carbocycles. The van der Waals surface area contributed by atoms with Gasteiger partial charge in [-0.2, -0.15) is 0 Å². The Bertz CT molecular complexity index is 734. The Morgan fingerprint density at radius 1 is 1.04 bits per heavy atom. The summed E-state index contributed by atoms with van der Waals surface area (Å²) in [5.41, 5.74) is 4.85. The van der Waals surface area contributed by atoms with Gasteiger partial charge in [0.1, 0.15) is 5.82 Å². The summed E-state index contributed by atoms with van der Waals surface area (Å²) >= 11 is 0. The predicted molar refractivity (Wildman–Crippen MR) is 99.5 cm³/mol. The number of carbonyl (C=O) groups excluding carboxylic acids is 1. The van der Waals surface area contributed by atoms with Gasteiger partial charge in [-0.1, -0.05) is 37.3 Å². The van der Waals surface area contributed by atoms with Gasteiger partial charge in [0.25, 0.3) is 0 Å². The summed E-state index contributed by atoms with van der Waals surface area (Å²) in [5, 5.41) is 0. The van der Waals surface area contributed by atoms with Crippen LogP contribution < -0.4 is 4.90 Å². The van der Waals surface area contributed by atoms with E-state index >= 15 is 0 Å². The van der Waals surface area contributed by atoms with Gasteiger partial charge in [-0.3, -0.25) is 4.79 Å². The van der Waals surface area contributed by atoms with E-state index in [1.165, 1.54) is 28.9 Å². The van der Waals surface area contributed by atoms with E-state index in [-0.39, 0.29) is 11.7 Å². The minimum Gasteiger partial charge on any atom is -0.368 e. The lowest BCUT2D eigenvalue weighted by Crippen LogP contribution is -2.49. The van der Waals surface area contributed by atoms with Crippen LogP contribution >= 0.6 is 0 Å². The van der Waals surface area contributed by atoms with Crippen molar-refractivity contribution in [1.82, 2.24) is 4.90 Å². The maximum atomic E-state index is 13.0. The van der Waals surface area contributed by atoms with Gasteiger partial charge in [-0.15, -0.1) is 0 Å². The van der Waals surface area contributed by atoms with Gasteiger partial charge in [0, 0.05) is 31.9 Å². The van der Waals surface area contributed by atoms with Crippen molar-refractivity contribution in [3.63, 3.8) is 0 Å². The molecular formula is C21H25FN2O. The monoisotopic (exact) mass is 340 g/mol. The molecular weight excluding hydrogens is 315 g/mol. The second kappa shape index (κ2) is 7.68. The molecule has 0 radical (unpaired) electrons. The van der Waals surface area contributed by atoms with Crippen LogP contribution in [0.3, 0.4) is 0 Å². The lowest BCUT2D eigenvalue weighted by Gasteiger charge is -2.38. The fourth-order valence-corrected chi connectivity index (χ4v) is 3.53. The molecule has 1 aliphatic heterocycles. The van der Waals surface area contributed by atoms with Crippen LogP contribution in [0.5, 0.6) is 0 Å². The first-order chi connectivity index (χ1) is 12.1. The lowest BCUT2D eigenvalue weighted by molar-refractivity contribution is -0.130. The van der Waals surface area contributed by atoms with E-state index in [1.54, 1.807) is 12.1 Å². The highest BCUT2D eigenvalue weighted by molar-refractivity contribution is 5.79. The van der Waals surface area contributed by atoms with E-state index in [0.29, 0.717) is 6.42 Å². The van der Waals surface area contributed by atoms with E-state index in [2.05, 4.69) is 36.9 Å². The highest BCUT2D eigenvalue weighted by atomic mass is 19.1. The minimum absolute atomic E-state index is 0.117. The fourth-order valence-electron chi connectivity index (χ4n) is 3.53. The van der Waals surface area contributed by atoms with Gasteiger partial charge >= 0.3 is 0 Å². The topological polar surface area (TPSA) is 23.6 Å². The molecule has 0 spiro atoms. The van der Waals surface area contributed by atoms with Gasteiger partial charge in [0.15, 0.2) is 0 Å². The van der Waals surface area contributed by atoms with Crippen LogP contribution in [0.2, 0.25) is 0 Å². The smallest absolute Gasteiger partial charge is 0.227 e. The fraction of sp³-hybridized carbons (Fsp3) is 0.381. The Kier molecular flexibility index (Phi) is 5.37. The van der Waals surface area contributed by atoms with E-state index in [4.69, 9.17) is 0 Å². The number of anilines is 1. The highest BCUT2D eigenvalue weighted by Gasteiger charge is 2.23. The van der Waals surface area contributed by atoms with Crippen molar-refractivity contribution >= 4 is 11.6 Å². The van der Waals surface area contributed by atoms with Gasteiger partial charge in [0.2, 0.25) is 5.91 Å². The molecule has 2 aromatic rings. The number of piperazine rings is 1. The number of amides is 1. The van der Waals surface area contributed by atoms with Crippen molar-refractivity contribution in [3.05, 3.63) is 65.0 Å². The number of halogens is 1. The number of nitrogens with zero attached hydrogens (tertiary/aromatic N) is 2. The Labute approximate surface area is 149 Å². The first kappa shape index (κ1) is 17.5. The van der Waals surface area contributed by atoms with Crippen LogP contribution in [0.4, 0.5) is 10.1 Å². The molecule has 4 heteroatoms. The van der Waals surface area contributed by atoms with E-state index in [0.717, 1.165) is 38.2 Å². The summed E-state index contributed by atoms with van der Waals surface area (Å²) < 4.78 is 13.0. The van der Waals surface area contributed by atoms with Crippen molar-refractivity contribution in [2.24, 2.45) is 0 Å². The average molecular weight is 340 g/mol. The maximum Gasteiger partial charge on any atom is 0.227 e. The van der Waals surface area contributed by atoms with Crippen molar-refractivity contribution in [3.8, 4) is 0 Å². The van der Waals surface area contributed by atoms with E-state index in [1.807, 2.05) is 4.90 Å². The summed E-state index contributed by atoms with van der Waals surface area (Å²) in [6.45, 7) is 7.51. The number of benzene rings is 2. The number of aryl methyl sites for hydroxylation is 2. The Morgan fingerprint density at radius 3 is 2.36 bits per heavy atom. The molecule has 25 heavy (non-hydrogen) atoms. The predicted octanol–water partition coefficient (Wildman–Crippen LogP) is 3.59. The number of hydrogen-bond donors (Lipinski definition) is 0. The van der Waals surface area contributed by atoms with Crippen LogP contribution in [0.15, 0.2) is 42.5 Å². The summed E-state index contributed by atoms with van der Waals surface area (Å²) in [7, 11) is 0. The molecule has 0 atom stereocenters. The molecule has 1 heterocycles. The lowest BCUT2D eigenvalue weighted by atomic mass is 10.0. The molecule has 3 nitrogen and oxygen atoms in total. The minimum atomic E-state index is -0.269. The molecule has 1 aliphatic rings. The second-order valence-corrected chi connectivity index (χ2v) is 6.61. The molecule has 2 aromatic carbocycles. The zero-order valence-corrected chi connectivity index (χ0v) is 15.0. The Hall–Kier alpha value is -2.36. The van der Waals surface area contributed by atoms with Gasteiger partial charge in [-0.25, -0.2) is 4.39 Å². The first-order valence-corrected chi connectivity index (χ1v) is 8.94. The molecule has 0 N–H and O–H groups in total. The molecule has 0 unspecified atom stereocenters. The number of para-hydroxylation sites is 1. The van der Waals surface area contributed by atoms with Crippen LogP contribution in [-0.4, -0.2) is 37.0 Å². The zero-order valence-electron chi connectivity index (χ0n) is 15.0. The number of rotatable bonds is 4. The normalized spacial score (nSPS) is 14.7. The summed E-state index contributed by atoms with van der Waals surface area (Å²) in [5.74, 6) is -0.151.